The van der Waals surface area contributed by atoms with E-state index in [0.29, 0.717) is 46.0 Å². The van der Waals surface area contributed by atoms with Crippen molar-refractivity contribution in [2.24, 2.45) is 0 Å². The van der Waals surface area contributed by atoms with Crippen molar-refractivity contribution in [3.8, 4) is 0 Å². The Kier molecular flexibility index (Phi) is 7.05. The lowest BCUT2D eigenvalue weighted by Gasteiger charge is -2.36. The van der Waals surface area contributed by atoms with Gasteiger partial charge in [0, 0.05) is 47.9 Å². The first-order valence-electron chi connectivity index (χ1n) is 11.6. The highest BCUT2D eigenvalue weighted by molar-refractivity contribution is 8.00. The Morgan fingerprint density at radius 3 is 2.66 bits per heavy atom. The minimum atomic E-state index is -4.43. The summed E-state index contributed by atoms with van der Waals surface area (Å²) in [6.07, 6.45) is -3.15. The van der Waals surface area contributed by atoms with Crippen molar-refractivity contribution in [3.05, 3.63) is 86.6 Å². The highest BCUT2D eigenvalue weighted by Gasteiger charge is 2.41. The second-order valence-corrected chi connectivity index (χ2v) is 11.0. The minimum Gasteiger partial charge on any atom is -0.294 e. The van der Waals surface area contributed by atoms with Gasteiger partial charge in [-0.1, -0.05) is 53.4 Å². The molecule has 0 saturated heterocycles. The van der Waals surface area contributed by atoms with Gasteiger partial charge >= 0.3 is 6.18 Å². The number of aromatic nitrogens is 2. The molecule has 3 aromatic rings. The summed E-state index contributed by atoms with van der Waals surface area (Å²) in [4.78, 5) is 38.6. The summed E-state index contributed by atoms with van der Waals surface area (Å²) in [6.45, 7) is 0. The molecule has 0 unspecified atom stereocenters. The zero-order chi connectivity index (χ0) is 27.0. The molecule has 2 aromatic carbocycles. The molecule has 0 spiro atoms. The number of Topliss-reactive ketones (excluding diaryl/α,β-unsaturated/α-hetero) is 1. The van der Waals surface area contributed by atoms with Gasteiger partial charge in [0.25, 0.3) is 5.69 Å². The van der Waals surface area contributed by atoms with Crippen LogP contribution in [0.3, 0.4) is 0 Å². The van der Waals surface area contributed by atoms with Crippen molar-refractivity contribution in [2.75, 3.05) is 4.90 Å². The number of benzene rings is 2. The molecule has 1 amide bonds. The molecule has 13 heteroatoms. The quantitative estimate of drug-likeness (QED) is 0.151. The van der Waals surface area contributed by atoms with Crippen molar-refractivity contribution in [2.45, 2.75) is 47.9 Å². The molecule has 2 aliphatic rings. The third-order valence-electron chi connectivity index (χ3n) is 6.36. The molecule has 1 aliphatic heterocycles. The van der Waals surface area contributed by atoms with Gasteiger partial charge in [0.1, 0.15) is 0 Å². The number of nitrogens with zero attached hydrogens (tertiary/aromatic N) is 4. The SMILES string of the molecule is O=C1CCCC2=C1[C@@H](c1cccc([N+](=O)[O-])c1)CC(=O)N2c1nnc(SCc2cccc(C(F)(F)F)c2)s1. The molecule has 1 aliphatic carbocycles. The standard InChI is InChI=1S/C25H19F3N4O4S2/c26-25(27,28)16-6-1-4-14(10-16)13-37-24-30-29-23(38-24)31-19-8-3-9-20(33)22(19)18(12-21(31)34)15-5-2-7-17(11-15)32(35)36/h1-2,4-7,10-11,18H,3,8-9,12-13H2/t18-/m1/s1. The molecule has 0 fully saturated rings. The molecule has 0 N–H and O–H groups in total. The number of hydrogen-bond acceptors (Lipinski definition) is 8. The first-order valence-corrected chi connectivity index (χ1v) is 13.4. The number of nitro benzene ring substituents is 1. The first-order chi connectivity index (χ1) is 18.1. The third kappa shape index (κ3) is 5.20. The summed E-state index contributed by atoms with van der Waals surface area (Å²) in [6, 6.07) is 11.0. The molecule has 8 nitrogen and oxygen atoms in total. The number of allylic oxidation sites excluding steroid dienone is 2. The van der Waals surface area contributed by atoms with Gasteiger partial charge in [-0.3, -0.25) is 24.6 Å². The number of amides is 1. The summed E-state index contributed by atoms with van der Waals surface area (Å²) in [5.74, 6) is -0.776. The fourth-order valence-corrected chi connectivity index (χ4v) is 6.52. The van der Waals surface area contributed by atoms with Crippen LogP contribution in [0.25, 0.3) is 0 Å². The number of alkyl halides is 3. The van der Waals surface area contributed by atoms with Crippen LogP contribution in [0.15, 0.2) is 64.1 Å². The fourth-order valence-electron chi connectivity index (χ4n) is 4.69. The predicted octanol–water partition coefficient (Wildman–Crippen LogP) is 6.29. The smallest absolute Gasteiger partial charge is 0.294 e. The van der Waals surface area contributed by atoms with E-state index < -0.39 is 22.6 Å². The van der Waals surface area contributed by atoms with Gasteiger partial charge in [-0.25, -0.2) is 0 Å². The van der Waals surface area contributed by atoms with E-state index in [2.05, 4.69) is 10.2 Å². The number of hydrogen-bond donors (Lipinski definition) is 0. The normalized spacial score (nSPS) is 18.1. The molecule has 196 valence electrons. The van der Waals surface area contributed by atoms with Crippen molar-refractivity contribution in [1.29, 1.82) is 0 Å². The second kappa shape index (κ2) is 10.3. The number of nitro groups is 1. The van der Waals surface area contributed by atoms with E-state index in [-0.39, 0.29) is 34.7 Å². The van der Waals surface area contributed by atoms with E-state index >= 15 is 0 Å². The summed E-state index contributed by atoms with van der Waals surface area (Å²) >= 11 is 2.32. The fraction of sp³-hybridized carbons (Fsp3) is 0.280. The average molecular weight is 561 g/mol. The summed E-state index contributed by atoms with van der Waals surface area (Å²) < 4.78 is 39.5. The van der Waals surface area contributed by atoms with Gasteiger partial charge in [0.2, 0.25) is 11.0 Å². The molecular formula is C25H19F3N4O4S2. The maximum absolute atomic E-state index is 13.4. The Bertz CT molecular complexity index is 1470. The van der Waals surface area contributed by atoms with Crippen LogP contribution >= 0.6 is 23.1 Å². The van der Waals surface area contributed by atoms with Gasteiger partial charge in [0.05, 0.1) is 10.5 Å². The zero-order valence-electron chi connectivity index (χ0n) is 19.6. The van der Waals surface area contributed by atoms with Crippen LogP contribution in [0.4, 0.5) is 24.0 Å². The second-order valence-electron chi connectivity index (χ2n) is 8.81. The monoisotopic (exact) mass is 560 g/mol. The van der Waals surface area contributed by atoms with Crippen LogP contribution in [0, 0.1) is 10.1 Å². The van der Waals surface area contributed by atoms with Crippen molar-refractivity contribution in [3.63, 3.8) is 0 Å². The molecule has 0 saturated carbocycles. The maximum atomic E-state index is 13.4. The van der Waals surface area contributed by atoms with Crippen molar-refractivity contribution < 1.29 is 27.7 Å². The van der Waals surface area contributed by atoms with E-state index in [1.807, 2.05) is 0 Å². The molecule has 0 radical (unpaired) electrons. The van der Waals surface area contributed by atoms with Crippen molar-refractivity contribution in [1.82, 2.24) is 10.2 Å². The number of rotatable bonds is 6. The average Bonchev–Trinajstić information content (AvgIpc) is 3.35. The number of halogens is 3. The Morgan fingerprint density at radius 1 is 1.11 bits per heavy atom. The molecule has 2 heterocycles. The summed E-state index contributed by atoms with van der Waals surface area (Å²) in [5.41, 5.74) is 1.15. The van der Waals surface area contributed by atoms with Gasteiger partial charge in [0.15, 0.2) is 10.1 Å². The molecular weight excluding hydrogens is 541 g/mol. The van der Waals surface area contributed by atoms with Crippen LogP contribution in [0.2, 0.25) is 0 Å². The number of thioether (sulfide) groups is 1. The van der Waals surface area contributed by atoms with Crippen LogP contribution in [-0.2, 0) is 21.5 Å². The summed E-state index contributed by atoms with van der Waals surface area (Å²) in [7, 11) is 0. The number of non-ortho nitro benzene ring substituents is 1. The van der Waals surface area contributed by atoms with Crippen LogP contribution in [0.5, 0.6) is 0 Å². The third-order valence-corrected chi connectivity index (χ3v) is 8.48. The summed E-state index contributed by atoms with van der Waals surface area (Å²) in [5, 5.41) is 19.8. The lowest BCUT2D eigenvalue weighted by atomic mass is 9.77. The number of anilines is 1. The van der Waals surface area contributed by atoms with Gasteiger partial charge in [-0.15, -0.1) is 10.2 Å². The predicted molar refractivity (Wildman–Crippen MR) is 135 cm³/mol. The Balaban J connectivity index is 1.42. The van der Waals surface area contributed by atoms with Crippen LogP contribution in [-0.4, -0.2) is 26.8 Å². The largest absolute Gasteiger partial charge is 0.416 e. The molecule has 1 aromatic heterocycles. The first kappa shape index (κ1) is 26.0. The number of carbonyl (C=O) groups is 2. The molecule has 0 bridgehead atoms. The Labute approximate surface area is 222 Å². The Hall–Kier alpha value is -3.58. The number of carbonyl (C=O) groups excluding carboxylic acids is 2. The lowest BCUT2D eigenvalue weighted by molar-refractivity contribution is -0.384. The van der Waals surface area contributed by atoms with Gasteiger partial charge in [-0.2, -0.15) is 13.2 Å². The highest BCUT2D eigenvalue weighted by atomic mass is 32.2. The van der Waals surface area contributed by atoms with Gasteiger partial charge in [-0.05, 0) is 30.0 Å². The van der Waals surface area contributed by atoms with Crippen LogP contribution < -0.4 is 4.90 Å². The van der Waals surface area contributed by atoms with E-state index in [1.54, 1.807) is 12.1 Å². The lowest BCUT2D eigenvalue weighted by Crippen LogP contribution is -2.40. The zero-order valence-corrected chi connectivity index (χ0v) is 21.2. The van der Waals surface area contributed by atoms with Crippen molar-refractivity contribution >= 4 is 45.6 Å². The number of ketones is 1. The van der Waals surface area contributed by atoms with E-state index in [4.69, 9.17) is 0 Å². The maximum Gasteiger partial charge on any atom is 0.416 e. The highest BCUT2D eigenvalue weighted by Crippen LogP contribution is 2.45. The Morgan fingerprint density at radius 2 is 1.89 bits per heavy atom. The molecule has 5 rings (SSSR count). The minimum absolute atomic E-state index is 0.0575. The van der Waals surface area contributed by atoms with E-state index in [1.165, 1.54) is 40.9 Å². The van der Waals surface area contributed by atoms with E-state index in [0.717, 1.165) is 23.5 Å². The van der Waals surface area contributed by atoms with Crippen LogP contribution in [0.1, 0.15) is 48.3 Å². The molecule has 38 heavy (non-hydrogen) atoms. The van der Waals surface area contributed by atoms with E-state index in [9.17, 15) is 32.9 Å². The topological polar surface area (TPSA) is 106 Å². The van der Waals surface area contributed by atoms with Gasteiger partial charge < -0.3 is 0 Å². The molecule has 1 atom stereocenters.